The lowest BCUT2D eigenvalue weighted by Crippen LogP contribution is -2.51. The SMILES string of the molecule is CC(C(=O)O)N1CCN(Cc2ncon2)CC1. The van der Waals surface area contributed by atoms with Gasteiger partial charge in [0.15, 0.2) is 5.82 Å². The van der Waals surface area contributed by atoms with E-state index in [0.29, 0.717) is 12.4 Å². The van der Waals surface area contributed by atoms with Gasteiger partial charge in [-0.25, -0.2) is 0 Å². The molecule has 1 aliphatic rings. The number of hydrogen-bond donors (Lipinski definition) is 1. The zero-order valence-corrected chi connectivity index (χ0v) is 9.74. The fraction of sp³-hybridized carbons (Fsp3) is 0.700. The van der Waals surface area contributed by atoms with Gasteiger partial charge in [0, 0.05) is 26.2 Å². The molecule has 0 amide bonds. The fourth-order valence-electron chi connectivity index (χ4n) is 1.93. The van der Waals surface area contributed by atoms with E-state index in [1.807, 2.05) is 4.90 Å². The summed E-state index contributed by atoms with van der Waals surface area (Å²) < 4.78 is 4.67. The molecule has 1 aliphatic heterocycles. The molecule has 94 valence electrons. The van der Waals surface area contributed by atoms with Crippen molar-refractivity contribution in [3.63, 3.8) is 0 Å². The van der Waals surface area contributed by atoms with E-state index in [9.17, 15) is 4.79 Å². The minimum atomic E-state index is -0.767. The van der Waals surface area contributed by atoms with E-state index in [1.165, 1.54) is 6.39 Å². The largest absolute Gasteiger partial charge is 0.480 e. The highest BCUT2D eigenvalue weighted by molar-refractivity contribution is 5.72. The van der Waals surface area contributed by atoms with Crippen molar-refractivity contribution in [2.75, 3.05) is 26.2 Å². The van der Waals surface area contributed by atoms with Crippen LogP contribution in [0.2, 0.25) is 0 Å². The Labute approximate surface area is 99.0 Å². The Morgan fingerprint density at radius 3 is 2.76 bits per heavy atom. The van der Waals surface area contributed by atoms with Crippen LogP contribution in [0.15, 0.2) is 10.9 Å². The van der Waals surface area contributed by atoms with Crippen LogP contribution in [0.5, 0.6) is 0 Å². The molecule has 1 saturated heterocycles. The summed E-state index contributed by atoms with van der Waals surface area (Å²) in [5.74, 6) is -0.0960. The molecule has 17 heavy (non-hydrogen) atoms. The number of carboxylic acid groups (broad SMARTS) is 1. The van der Waals surface area contributed by atoms with Crippen LogP contribution >= 0.6 is 0 Å². The van der Waals surface area contributed by atoms with Crippen molar-refractivity contribution < 1.29 is 14.4 Å². The Hall–Kier alpha value is -1.47. The second-order valence-electron chi connectivity index (χ2n) is 4.17. The van der Waals surface area contributed by atoms with Crippen LogP contribution in [-0.4, -0.2) is 63.2 Å². The normalized spacial score (nSPS) is 20.3. The Bertz CT molecular complexity index is 360. The molecule has 1 atom stereocenters. The van der Waals surface area contributed by atoms with Gasteiger partial charge in [-0.2, -0.15) is 4.98 Å². The molecule has 1 unspecified atom stereocenters. The second kappa shape index (κ2) is 5.24. The van der Waals surface area contributed by atoms with Gasteiger partial charge >= 0.3 is 5.97 Å². The van der Waals surface area contributed by atoms with Gasteiger partial charge in [-0.05, 0) is 6.92 Å². The van der Waals surface area contributed by atoms with Crippen LogP contribution in [0.25, 0.3) is 0 Å². The molecule has 7 nitrogen and oxygen atoms in total. The van der Waals surface area contributed by atoms with Crippen molar-refractivity contribution in [3.05, 3.63) is 12.2 Å². The Morgan fingerprint density at radius 1 is 1.53 bits per heavy atom. The summed E-state index contributed by atoms with van der Waals surface area (Å²) >= 11 is 0. The van der Waals surface area contributed by atoms with Crippen molar-refractivity contribution in [2.45, 2.75) is 19.5 Å². The Morgan fingerprint density at radius 2 is 2.24 bits per heavy atom. The molecule has 1 aromatic rings. The highest BCUT2D eigenvalue weighted by atomic mass is 16.5. The first-order valence-electron chi connectivity index (χ1n) is 5.61. The summed E-state index contributed by atoms with van der Waals surface area (Å²) in [6.07, 6.45) is 1.32. The standard InChI is InChI=1S/C10H16N4O3/c1-8(10(15)16)14-4-2-13(3-5-14)6-9-11-7-17-12-9/h7-8H,2-6H2,1H3,(H,15,16). The molecular weight excluding hydrogens is 224 g/mol. The van der Waals surface area contributed by atoms with Crippen molar-refractivity contribution >= 4 is 5.97 Å². The lowest BCUT2D eigenvalue weighted by atomic mass is 10.2. The first-order valence-corrected chi connectivity index (χ1v) is 5.61. The van der Waals surface area contributed by atoms with E-state index in [0.717, 1.165) is 26.2 Å². The number of nitrogens with zero attached hydrogens (tertiary/aromatic N) is 4. The van der Waals surface area contributed by atoms with Gasteiger partial charge in [-0.3, -0.25) is 14.6 Å². The molecule has 1 fully saturated rings. The summed E-state index contributed by atoms with van der Waals surface area (Å²) in [4.78, 5) is 19.0. The zero-order valence-electron chi connectivity index (χ0n) is 9.74. The predicted molar refractivity (Wildman–Crippen MR) is 58.2 cm³/mol. The first kappa shape index (κ1) is 12.0. The van der Waals surface area contributed by atoms with Crippen molar-refractivity contribution in [1.29, 1.82) is 0 Å². The van der Waals surface area contributed by atoms with Crippen molar-refractivity contribution in [2.24, 2.45) is 0 Å². The number of rotatable bonds is 4. The van der Waals surface area contributed by atoms with Crippen LogP contribution in [-0.2, 0) is 11.3 Å². The maximum absolute atomic E-state index is 10.8. The summed E-state index contributed by atoms with van der Waals surface area (Å²) in [5.41, 5.74) is 0. The van der Waals surface area contributed by atoms with Crippen LogP contribution in [0.1, 0.15) is 12.7 Å². The average molecular weight is 240 g/mol. The van der Waals surface area contributed by atoms with Crippen molar-refractivity contribution in [3.8, 4) is 0 Å². The third kappa shape index (κ3) is 3.01. The molecule has 0 bridgehead atoms. The molecule has 1 aromatic heterocycles. The molecule has 0 spiro atoms. The summed E-state index contributed by atoms with van der Waals surface area (Å²) in [6, 6.07) is -0.415. The maximum Gasteiger partial charge on any atom is 0.320 e. The van der Waals surface area contributed by atoms with Crippen LogP contribution < -0.4 is 0 Å². The summed E-state index contributed by atoms with van der Waals surface area (Å²) in [5, 5.41) is 12.7. The quantitative estimate of drug-likeness (QED) is 0.770. The first-order chi connectivity index (χ1) is 8.16. The Balaban J connectivity index is 1.80. The maximum atomic E-state index is 10.8. The van der Waals surface area contributed by atoms with Crippen LogP contribution in [0, 0.1) is 0 Å². The molecule has 1 N–H and O–H groups in total. The second-order valence-corrected chi connectivity index (χ2v) is 4.17. The lowest BCUT2D eigenvalue weighted by molar-refractivity contribution is -0.143. The number of aromatic nitrogens is 2. The zero-order chi connectivity index (χ0) is 12.3. The van der Waals surface area contributed by atoms with Gasteiger partial charge in [0.25, 0.3) is 0 Å². The molecule has 7 heteroatoms. The Kier molecular flexibility index (Phi) is 3.70. The number of hydrogen-bond acceptors (Lipinski definition) is 6. The molecule has 0 radical (unpaired) electrons. The van der Waals surface area contributed by atoms with E-state index in [-0.39, 0.29) is 0 Å². The van der Waals surface area contributed by atoms with E-state index in [1.54, 1.807) is 6.92 Å². The van der Waals surface area contributed by atoms with Gasteiger partial charge in [-0.15, -0.1) is 0 Å². The average Bonchev–Trinajstić information content (AvgIpc) is 2.82. The van der Waals surface area contributed by atoms with Crippen molar-refractivity contribution in [1.82, 2.24) is 19.9 Å². The molecule has 0 aromatic carbocycles. The topological polar surface area (TPSA) is 82.7 Å². The van der Waals surface area contributed by atoms with E-state index < -0.39 is 12.0 Å². The summed E-state index contributed by atoms with van der Waals surface area (Å²) in [7, 11) is 0. The summed E-state index contributed by atoms with van der Waals surface area (Å²) in [6.45, 7) is 5.54. The predicted octanol–water partition coefficient (Wildman–Crippen LogP) is -0.340. The highest BCUT2D eigenvalue weighted by Gasteiger charge is 2.25. The van der Waals surface area contributed by atoms with Gasteiger partial charge in [-0.1, -0.05) is 5.16 Å². The number of aliphatic carboxylic acids is 1. The number of carboxylic acids is 1. The van der Waals surface area contributed by atoms with Gasteiger partial charge in [0.1, 0.15) is 6.04 Å². The highest BCUT2D eigenvalue weighted by Crippen LogP contribution is 2.08. The van der Waals surface area contributed by atoms with Gasteiger partial charge in [0.05, 0.1) is 6.54 Å². The molecule has 0 saturated carbocycles. The minimum absolute atomic E-state index is 0.415. The van der Waals surface area contributed by atoms with Crippen LogP contribution in [0.4, 0.5) is 0 Å². The van der Waals surface area contributed by atoms with Crippen LogP contribution in [0.3, 0.4) is 0 Å². The molecule has 0 aliphatic carbocycles. The monoisotopic (exact) mass is 240 g/mol. The van der Waals surface area contributed by atoms with Gasteiger partial charge < -0.3 is 9.63 Å². The van der Waals surface area contributed by atoms with E-state index >= 15 is 0 Å². The third-order valence-electron chi connectivity index (χ3n) is 3.08. The van der Waals surface area contributed by atoms with E-state index in [2.05, 4.69) is 19.6 Å². The third-order valence-corrected chi connectivity index (χ3v) is 3.08. The lowest BCUT2D eigenvalue weighted by Gasteiger charge is -2.35. The number of piperazine rings is 1. The number of carbonyl (C=O) groups is 1. The van der Waals surface area contributed by atoms with Gasteiger partial charge in [0.2, 0.25) is 6.39 Å². The minimum Gasteiger partial charge on any atom is -0.480 e. The van der Waals surface area contributed by atoms with E-state index in [4.69, 9.17) is 5.11 Å². The molecular formula is C10H16N4O3. The fourth-order valence-corrected chi connectivity index (χ4v) is 1.93. The molecule has 2 heterocycles. The molecule has 2 rings (SSSR count). The smallest absolute Gasteiger partial charge is 0.320 e.